The third-order valence-corrected chi connectivity index (χ3v) is 2.38. The van der Waals surface area contributed by atoms with Crippen LogP contribution in [0.3, 0.4) is 0 Å². The first kappa shape index (κ1) is 16.2. The van der Waals surface area contributed by atoms with Gasteiger partial charge >= 0.3 is 12.1 Å². The molecule has 0 saturated carbocycles. The molecule has 2 N–H and O–H groups in total. The summed E-state index contributed by atoms with van der Waals surface area (Å²) >= 11 is 5.37. The van der Waals surface area contributed by atoms with E-state index in [1.54, 1.807) is 20.8 Å². The lowest BCUT2D eigenvalue weighted by atomic mass is 10.2. The highest BCUT2D eigenvalue weighted by molar-refractivity contribution is 6.33. The number of hydrogen-bond donors (Lipinski definition) is 2. The van der Waals surface area contributed by atoms with Crippen molar-refractivity contribution in [3.63, 3.8) is 0 Å². The number of carboxylic acid groups (broad SMARTS) is 1. The zero-order chi connectivity index (χ0) is 15.7. The van der Waals surface area contributed by atoms with Gasteiger partial charge in [0.1, 0.15) is 5.60 Å². The Bertz CT molecular complexity index is 570. The molecule has 8 heteroatoms. The van der Waals surface area contributed by atoms with Gasteiger partial charge in [-0.15, -0.1) is 0 Å². The van der Waals surface area contributed by atoms with Crippen LogP contribution in [-0.2, 0) is 4.74 Å². The molecule has 0 fully saturated rings. The summed E-state index contributed by atoms with van der Waals surface area (Å²) in [5.74, 6) is -4.58. The van der Waals surface area contributed by atoms with Gasteiger partial charge in [-0.2, -0.15) is 0 Å². The van der Waals surface area contributed by atoms with E-state index in [-0.39, 0.29) is 0 Å². The average molecular weight is 308 g/mol. The minimum absolute atomic E-state index is 0.668. The lowest BCUT2D eigenvalue weighted by Crippen LogP contribution is -2.27. The molecule has 0 saturated heterocycles. The predicted octanol–water partition coefficient (Wildman–Crippen LogP) is 3.66. The third-order valence-electron chi connectivity index (χ3n) is 2.01. The van der Waals surface area contributed by atoms with Crippen molar-refractivity contribution < 1.29 is 28.2 Å². The minimum Gasteiger partial charge on any atom is -0.478 e. The Morgan fingerprint density at radius 3 is 2.30 bits per heavy atom. The van der Waals surface area contributed by atoms with Gasteiger partial charge in [-0.05, 0) is 26.8 Å². The highest BCUT2D eigenvalue weighted by atomic mass is 35.5. The van der Waals surface area contributed by atoms with Gasteiger partial charge < -0.3 is 9.84 Å². The third kappa shape index (κ3) is 3.80. The van der Waals surface area contributed by atoms with E-state index in [1.165, 1.54) is 0 Å². The zero-order valence-electron chi connectivity index (χ0n) is 10.9. The van der Waals surface area contributed by atoms with Crippen molar-refractivity contribution in [3.8, 4) is 0 Å². The van der Waals surface area contributed by atoms with Crippen LogP contribution in [0.5, 0.6) is 0 Å². The van der Waals surface area contributed by atoms with E-state index in [2.05, 4.69) is 0 Å². The summed E-state index contributed by atoms with van der Waals surface area (Å²) < 4.78 is 31.9. The molecule has 0 aliphatic heterocycles. The van der Waals surface area contributed by atoms with Gasteiger partial charge in [0.2, 0.25) is 0 Å². The van der Waals surface area contributed by atoms with E-state index in [4.69, 9.17) is 21.4 Å². The molecule has 110 valence electrons. The Labute approximate surface area is 118 Å². The van der Waals surface area contributed by atoms with E-state index in [1.807, 2.05) is 5.32 Å². The highest BCUT2D eigenvalue weighted by Crippen LogP contribution is 2.29. The predicted molar refractivity (Wildman–Crippen MR) is 68.2 cm³/mol. The van der Waals surface area contributed by atoms with Gasteiger partial charge in [-0.1, -0.05) is 11.6 Å². The maximum Gasteiger partial charge on any atom is 0.412 e. The van der Waals surface area contributed by atoms with Crippen LogP contribution < -0.4 is 5.32 Å². The zero-order valence-corrected chi connectivity index (χ0v) is 11.6. The summed E-state index contributed by atoms with van der Waals surface area (Å²) in [6, 6.07) is 0.715. The molecule has 0 bridgehead atoms. The van der Waals surface area contributed by atoms with Crippen molar-refractivity contribution in [1.82, 2.24) is 0 Å². The first-order chi connectivity index (χ1) is 9.03. The van der Waals surface area contributed by atoms with E-state index in [0.717, 1.165) is 0 Å². The van der Waals surface area contributed by atoms with E-state index >= 15 is 0 Å². The molecule has 0 heterocycles. The normalized spacial score (nSPS) is 11.1. The Kier molecular flexibility index (Phi) is 4.54. The number of ether oxygens (including phenoxy) is 1. The highest BCUT2D eigenvalue weighted by Gasteiger charge is 2.23. The van der Waals surface area contributed by atoms with Crippen molar-refractivity contribution in [2.24, 2.45) is 0 Å². The maximum atomic E-state index is 13.6. The molecule has 0 aliphatic carbocycles. The molecule has 1 aromatic carbocycles. The van der Waals surface area contributed by atoms with Gasteiger partial charge in [0.05, 0.1) is 16.3 Å². The fourth-order valence-corrected chi connectivity index (χ4v) is 1.48. The fraction of sp³-hybridized carbons (Fsp3) is 0.333. The number of nitrogens with one attached hydrogen (secondary N) is 1. The second-order valence-electron chi connectivity index (χ2n) is 4.85. The molecule has 0 aromatic heterocycles. The van der Waals surface area contributed by atoms with Gasteiger partial charge in [0.25, 0.3) is 0 Å². The van der Waals surface area contributed by atoms with Crippen LogP contribution in [0.2, 0.25) is 5.02 Å². The van der Waals surface area contributed by atoms with Crippen LogP contribution >= 0.6 is 11.6 Å². The van der Waals surface area contributed by atoms with Gasteiger partial charge in [-0.25, -0.2) is 18.4 Å². The summed E-state index contributed by atoms with van der Waals surface area (Å²) in [7, 11) is 0. The topological polar surface area (TPSA) is 75.6 Å². The van der Waals surface area contributed by atoms with Crippen LogP contribution in [0, 0.1) is 11.6 Å². The summed E-state index contributed by atoms with van der Waals surface area (Å²) in [5, 5.41) is 9.87. The lowest BCUT2D eigenvalue weighted by Gasteiger charge is -2.20. The smallest absolute Gasteiger partial charge is 0.412 e. The number of benzene rings is 1. The van der Waals surface area contributed by atoms with Crippen molar-refractivity contribution in [3.05, 3.63) is 28.3 Å². The van der Waals surface area contributed by atoms with Gasteiger partial charge in [0.15, 0.2) is 11.6 Å². The van der Waals surface area contributed by atoms with Gasteiger partial charge in [0, 0.05) is 0 Å². The summed E-state index contributed by atoms with van der Waals surface area (Å²) in [6.07, 6.45) is -1.05. The van der Waals surface area contributed by atoms with E-state index in [0.29, 0.717) is 6.07 Å². The number of carbonyl (C=O) groups excluding carboxylic acids is 1. The van der Waals surface area contributed by atoms with Crippen LogP contribution in [0.4, 0.5) is 19.3 Å². The summed E-state index contributed by atoms with van der Waals surface area (Å²) in [5.41, 5.74) is -2.18. The number of aromatic carboxylic acids is 1. The minimum atomic E-state index is -1.56. The molecular weight excluding hydrogens is 296 g/mol. The van der Waals surface area contributed by atoms with Crippen molar-refractivity contribution in [2.75, 3.05) is 5.32 Å². The lowest BCUT2D eigenvalue weighted by molar-refractivity contribution is 0.0632. The van der Waals surface area contributed by atoms with Crippen molar-refractivity contribution >= 4 is 29.4 Å². The van der Waals surface area contributed by atoms with E-state index < -0.39 is 45.6 Å². The second-order valence-corrected chi connectivity index (χ2v) is 5.22. The van der Waals surface area contributed by atoms with Crippen molar-refractivity contribution in [1.29, 1.82) is 0 Å². The number of halogens is 3. The molecule has 0 spiro atoms. The Morgan fingerprint density at radius 1 is 1.30 bits per heavy atom. The first-order valence-corrected chi connectivity index (χ1v) is 5.81. The summed E-state index contributed by atoms with van der Waals surface area (Å²) in [6.45, 7) is 4.73. The number of amides is 1. The molecule has 5 nitrogen and oxygen atoms in total. The summed E-state index contributed by atoms with van der Waals surface area (Å²) in [4.78, 5) is 22.3. The Morgan fingerprint density at radius 2 is 1.85 bits per heavy atom. The van der Waals surface area contributed by atoms with Gasteiger partial charge in [-0.3, -0.25) is 5.32 Å². The molecule has 0 unspecified atom stereocenters. The molecule has 1 amide bonds. The number of rotatable bonds is 2. The molecular formula is C12H12ClF2NO4. The van der Waals surface area contributed by atoms with Crippen molar-refractivity contribution in [2.45, 2.75) is 26.4 Å². The molecule has 1 aromatic rings. The van der Waals surface area contributed by atoms with E-state index in [9.17, 15) is 18.4 Å². The first-order valence-electron chi connectivity index (χ1n) is 5.43. The Hall–Kier alpha value is -1.89. The average Bonchev–Trinajstić information content (AvgIpc) is 2.27. The van der Waals surface area contributed by atoms with Crippen LogP contribution in [0.25, 0.3) is 0 Å². The number of anilines is 1. The maximum absolute atomic E-state index is 13.6. The number of carboxylic acids is 1. The Balaban J connectivity index is 3.13. The largest absolute Gasteiger partial charge is 0.478 e. The van der Waals surface area contributed by atoms with Crippen LogP contribution in [0.15, 0.2) is 6.07 Å². The second kappa shape index (κ2) is 5.62. The quantitative estimate of drug-likeness (QED) is 0.817. The molecule has 0 atom stereocenters. The van der Waals surface area contributed by atoms with Crippen LogP contribution in [0.1, 0.15) is 31.1 Å². The number of hydrogen-bond acceptors (Lipinski definition) is 3. The molecule has 0 aliphatic rings. The number of carbonyl (C=O) groups is 2. The molecule has 20 heavy (non-hydrogen) atoms. The SMILES string of the molecule is CC(C)(C)OC(=O)Nc1cc(C(=O)O)c(Cl)c(F)c1F. The molecule has 0 radical (unpaired) electrons. The fourth-order valence-electron chi connectivity index (χ4n) is 1.26. The van der Waals surface area contributed by atoms with Crippen LogP contribution in [-0.4, -0.2) is 22.8 Å². The molecule has 1 rings (SSSR count). The monoisotopic (exact) mass is 307 g/mol. The standard InChI is InChI=1S/C12H12ClF2NO4/c1-12(2,3)20-11(19)16-6-4-5(10(17)18)7(13)9(15)8(6)14/h4H,1-3H3,(H,16,19)(H,17,18).